The van der Waals surface area contributed by atoms with E-state index < -0.39 is 5.60 Å². The van der Waals surface area contributed by atoms with Crippen molar-refractivity contribution >= 4 is 84.6 Å². The van der Waals surface area contributed by atoms with Gasteiger partial charge < -0.3 is 4.74 Å². The summed E-state index contributed by atoms with van der Waals surface area (Å²) in [6, 6.07) is 33.6. The first-order chi connectivity index (χ1) is 16.3. The molecule has 4 aromatic carbocycles. The van der Waals surface area contributed by atoms with E-state index in [2.05, 4.69) is 141 Å². The normalized spacial score (nSPS) is 11.5. The predicted molar refractivity (Wildman–Crippen MR) is 165 cm³/mol. The first-order valence-electron chi connectivity index (χ1n) is 10.6. The molecule has 0 saturated carbocycles. The molecule has 0 aliphatic carbocycles. The lowest BCUT2D eigenvalue weighted by Crippen LogP contribution is -2.26. The van der Waals surface area contributed by atoms with Crippen molar-refractivity contribution in [3.05, 3.63) is 119 Å². The monoisotopic (exact) mass is 803 g/mol. The fourth-order valence-corrected chi connectivity index (χ4v) is 7.98. The molecular weight excluding hydrogens is 781 g/mol. The molecule has 0 aliphatic rings. The molecule has 6 heteroatoms. The van der Waals surface area contributed by atoms with Crippen LogP contribution in [0.1, 0.15) is 29.8 Å². The van der Waals surface area contributed by atoms with Gasteiger partial charge in [0.15, 0.2) is 14.7 Å². The van der Waals surface area contributed by atoms with Crippen molar-refractivity contribution in [2.45, 2.75) is 34.1 Å². The van der Waals surface area contributed by atoms with Gasteiger partial charge >= 0.3 is 5.97 Å². The lowest BCUT2D eigenvalue weighted by atomic mass is 9.98. The summed E-state index contributed by atoms with van der Waals surface area (Å²) in [5.74, 6) is -0.297. The van der Waals surface area contributed by atoms with Gasteiger partial charge in [-0.2, -0.15) is 0 Å². The van der Waals surface area contributed by atoms with E-state index in [-0.39, 0.29) is 16.9 Å². The zero-order valence-corrected chi connectivity index (χ0v) is 25.9. The van der Waals surface area contributed by atoms with Crippen molar-refractivity contribution in [1.82, 2.24) is 0 Å². The quantitative estimate of drug-likeness (QED) is 0.0845. The molecule has 0 bridgehead atoms. The number of esters is 1. The number of ether oxygens (including phenoxy) is 1. The molecule has 0 saturated heterocycles. The van der Waals surface area contributed by atoms with Crippen LogP contribution in [0.25, 0.3) is 0 Å². The van der Waals surface area contributed by atoms with Crippen LogP contribution in [0.15, 0.2) is 112 Å². The zero-order chi connectivity index (χ0) is 24.3. The molecule has 0 aliphatic heterocycles. The van der Waals surface area contributed by atoms with E-state index in [0.717, 1.165) is 16.3 Å². The Morgan fingerprint density at radius 1 is 0.676 bits per heavy atom. The zero-order valence-electron chi connectivity index (χ0n) is 18.6. The van der Waals surface area contributed by atoms with Crippen molar-refractivity contribution in [2.75, 3.05) is 0 Å². The molecule has 0 unspecified atom stereocenters. The molecule has 4 aromatic rings. The van der Waals surface area contributed by atoms with Crippen molar-refractivity contribution in [1.29, 1.82) is 0 Å². The molecule has 0 spiro atoms. The Hall–Kier alpha value is -1.11. The lowest BCUT2D eigenvalue weighted by Gasteiger charge is -2.26. The predicted octanol–water partition coefficient (Wildman–Crippen LogP) is 8.69. The summed E-state index contributed by atoms with van der Waals surface area (Å²) in [5.41, 5.74) is 0.832. The van der Waals surface area contributed by atoms with Crippen LogP contribution in [-0.4, -0.2) is 5.97 Å². The maximum Gasteiger partial charge on any atom is 0.341 e. The number of benzene rings is 4. The van der Waals surface area contributed by atoms with Crippen LogP contribution in [0, 0.1) is 10.7 Å². The SMILES string of the molecule is CC(C)(OC(=O)c1c(I)ccc(I)c1I)c1ccc([S+](c2ccccc2)c2ccccc2)cc1. The van der Waals surface area contributed by atoms with Gasteiger partial charge in [-0.3, -0.25) is 0 Å². The number of halogens is 3. The Morgan fingerprint density at radius 3 is 1.68 bits per heavy atom. The maximum atomic E-state index is 13.1. The van der Waals surface area contributed by atoms with E-state index >= 15 is 0 Å². The van der Waals surface area contributed by atoms with Gasteiger partial charge in [-0.25, -0.2) is 4.79 Å². The van der Waals surface area contributed by atoms with E-state index in [4.69, 9.17) is 4.74 Å². The van der Waals surface area contributed by atoms with Gasteiger partial charge in [0, 0.05) is 10.7 Å². The second-order valence-corrected chi connectivity index (χ2v) is 13.5. The minimum absolute atomic E-state index is 0.210. The summed E-state index contributed by atoms with van der Waals surface area (Å²) in [4.78, 5) is 16.9. The smallest absolute Gasteiger partial charge is 0.341 e. The van der Waals surface area contributed by atoms with Crippen molar-refractivity contribution < 1.29 is 9.53 Å². The van der Waals surface area contributed by atoms with Gasteiger partial charge in [0.05, 0.1) is 16.5 Å². The van der Waals surface area contributed by atoms with Crippen LogP contribution in [0.4, 0.5) is 0 Å². The molecular formula is C28H22I3O2S+. The highest BCUT2D eigenvalue weighted by Crippen LogP contribution is 2.34. The number of hydrogen-bond donors (Lipinski definition) is 0. The first kappa shape index (κ1) is 26.0. The largest absolute Gasteiger partial charge is 0.451 e. The Labute approximate surface area is 244 Å². The summed E-state index contributed by atoms with van der Waals surface area (Å²) in [6.45, 7) is 3.89. The van der Waals surface area contributed by atoms with Crippen LogP contribution in [-0.2, 0) is 21.2 Å². The Bertz CT molecular complexity index is 1250. The minimum Gasteiger partial charge on any atom is -0.451 e. The lowest BCUT2D eigenvalue weighted by molar-refractivity contribution is -0.00340. The van der Waals surface area contributed by atoms with Crippen LogP contribution in [0.3, 0.4) is 0 Å². The standard InChI is InChI=1S/C28H22I3O2S/c1-28(2,33-27(32)25-23(29)17-18-24(30)26(25)31)19-13-15-22(16-14-19)34(20-9-5-3-6-10-20)21-11-7-4-8-12-21/h3-18H,1-2H3/q+1. The summed E-state index contributed by atoms with van der Waals surface area (Å²) < 4.78 is 8.91. The van der Waals surface area contributed by atoms with Gasteiger partial charge in [0.1, 0.15) is 5.60 Å². The molecule has 0 heterocycles. The Morgan fingerprint density at radius 2 is 1.15 bits per heavy atom. The molecule has 0 atom stereocenters. The minimum atomic E-state index is -0.763. The summed E-state index contributed by atoms with van der Waals surface area (Å²) >= 11 is 6.67. The number of hydrogen-bond acceptors (Lipinski definition) is 2. The van der Waals surface area contributed by atoms with Gasteiger partial charge in [0.25, 0.3) is 0 Å². The van der Waals surface area contributed by atoms with Gasteiger partial charge in [-0.15, -0.1) is 0 Å². The van der Waals surface area contributed by atoms with E-state index in [1.807, 2.05) is 38.1 Å². The number of carbonyl (C=O) groups is 1. The second-order valence-electron chi connectivity index (χ2n) is 8.07. The highest BCUT2D eigenvalue weighted by molar-refractivity contribution is 14.1. The van der Waals surface area contributed by atoms with Crippen LogP contribution in [0.2, 0.25) is 0 Å². The van der Waals surface area contributed by atoms with Crippen LogP contribution >= 0.6 is 67.8 Å². The highest BCUT2D eigenvalue weighted by Gasteiger charge is 2.31. The molecule has 0 amide bonds. The third-order valence-electron chi connectivity index (χ3n) is 5.34. The average Bonchev–Trinajstić information content (AvgIpc) is 2.83. The molecule has 0 N–H and O–H groups in total. The average molecular weight is 803 g/mol. The van der Waals surface area contributed by atoms with Crippen molar-refractivity contribution in [3.8, 4) is 0 Å². The summed E-state index contributed by atoms with van der Waals surface area (Å²) in [7, 11) is -0.210. The van der Waals surface area contributed by atoms with Crippen molar-refractivity contribution in [3.63, 3.8) is 0 Å². The molecule has 4 rings (SSSR count). The second kappa shape index (κ2) is 11.3. The maximum absolute atomic E-state index is 13.1. The number of rotatable bonds is 6. The van der Waals surface area contributed by atoms with Crippen molar-refractivity contribution in [2.24, 2.45) is 0 Å². The van der Waals surface area contributed by atoms with E-state index in [0.29, 0.717) is 5.56 Å². The van der Waals surface area contributed by atoms with Crippen LogP contribution < -0.4 is 0 Å². The first-order valence-corrected chi connectivity index (χ1v) is 15.1. The topological polar surface area (TPSA) is 26.3 Å². The third kappa shape index (κ3) is 5.82. The molecule has 0 fully saturated rings. The summed E-state index contributed by atoms with van der Waals surface area (Å²) in [6.07, 6.45) is 0. The van der Waals surface area contributed by atoms with E-state index in [1.165, 1.54) is 14.7 Å². The third-order valence-corrected chi connectivity index (χ3v) is 11.5. The van der Waals surface area contributed by atoms with Gasteiger partial charge in [-0.1, -0.05) is 48.5 Å². The molecule has 0 aromatic heterocycles. The van der Waals surface area contributed by atoms with E-state index in [1.54, 1.807) is 0 Å². The van der Waals surface area contributed by atoms with Gasteiger partial charge in [-0.05, 0) is 136 Å². The van der Waals surface area contributed by atoms with Crippen LogP contribution in [0.5, 0.6) is 0 Å². The molecule has 0 radical (unpaired) electrons. The highest BCUT2D eigenvalue weighted by atomic mass is 127. The fraction of sp³-hybridized carbons (Fsp3) is 0.107. The summed E-state index contributed by atoms with van der Waals surface area (Å²) in [5, 5.41) is 0. The Kier molecular flexibility index (Phi) is 8.63. The molecule has 2 nitrogen and oxygen atoms in total. The molecule has 172 valence electrons. The molecule has 34 heavy (non-hydrogen) atoms. The fourth-order valence-electron chi connectivity index (χ4n) is 3.57. The number of carbonyl (C=O) groups excluding carboxylic acids is 1. The van der Waals surface area contributed by atoms with E-state index in [9.17, 15) is 4.79 Å². The van der Waals surface area contributed by atoms with Gasteiger partial charge in [0.2, 0.25) is 0 Å². The Balaban J connectivity index is 1.63.